The number of aldehydes is 1. The summed E-state index contributed by atoms with van der Waals surface area (Å²) in [6.07, 6.45) is 1.81. The zero-order valence-electron chi connectivity index (χ0n) is 10.3. The van der Waals surface area contributed by atoms with Crippen molar-refractivity contribution in [1.29, 1.82) is 0 Å². The average Bonchev–Trinajstić information content (AvgIpc) is 2.33. The van der Waals surface area contributed by atoms with Crippen LogP contribution in [0, 0.1) is 0 Å². The van der Waals surface area contributed by atoms with Gasteiger partial charge >= 0.3 is 0 Å². The monoisotopic (exact) mass is 300 g/mol. The van der Waals surface area contributed by atoms with Gasteiger partial charge < -0.3 is 9.47 Å². The predicted octanol–water partition coefficient (Wildman–Crippen LogP) is 3.84. The Hall–Kier alpha value is -1.03. The van der Waals surface area contributed by atoms with Crippen molar-refractivity contribution < 1.29 is 14.3 Å². The van der Waals surface area contributed by atoms with Crippen LogP contribution < -0.4 is 9.47 Å². The normalized spacial score (nSPS) is 12.0. The molecule has 4 heteroatoms. The Kier molecular flexibility index (Phi) is 5.48. The van der Waals surface area contributed by atoms with Crippen molar-refractivity contribution >= 4 is 22.2 Å². The zero-order chi connectivity index (χ0) is 12.8. The van der Waals surface area contributed by atoms with Gasteiger partial charge in [-0.2, -0.15) is 0 Å². The molecule has 0 fully saturated rings. The van der Waals surface area contributed by atoms with E-state index in [2.05, 4.69) is 22.9 Å². The molecule has 0 aromatic heterocycles. The topological polar surface area (TPSA) is 35.5 Å². The number of carbonyl (C=O) groups excluding carboxylic acids is 1. The molecule has 1 rings (SSSR count). The molecule has 1 aromatic carbocycles. The maximum Gasteiger partial charge on any atom is 0.175 e. The average molecular weight is 301 g/mol. The number of carbonyl (C=O) groups is 1. The molecule has 0 saturated heterocycles. The van der Waals surface area contributed by atoms with Gasteiger partial charge in [0.25, 0.3) is 0 Å². The number of hydrogen-bond donors (Lipinski definition) is 0. The fraction of sp³-hybridized carbons (Fsp3) is 0.462. The molecule has 94 valence electrons. The van der Waals surface area contributed by atoms with Crippen molar-refractivity contribution in [3.63, 3.8) is 0 Å². The van der Waals surface area contributed by atoms with Crippen LogP contribution in [0.1, 0.15) is 37.6 Å². The molecule has 0 heterocycles. The molecular formula is C13H17BrO3. The van der Waals surface area contributed by atoms with E-state index in [1.165, 1.54) is 0 Å². The zero-order valence-corrected chi connectivity index (χ0v) is 11.9. The van der Waals surface area contributed by atoms with Gasteiger partial charge in [-0.1, -0.05) is 6.92 Å². The van der Waals surface area contributed by atoms with Crippen molar-refractivity contribution in [3.8, 4) is 11.5 Å². The molecule has 0 radical (unpaired) electrons. The molecule has 1 atom stereocenters. The first-order valence-electron chi connectivity index (χ1n) is 5.70. The minimum absolute atomic E-state index is 0.104. The summed E-state index contributed by atoms with van der Waals surface area (Å²) in [5.74, 6) is 1.26. The summed E-state index contributed by atoms with van der Waals surface area (Å²) in [6.45, 7) is 6.48. The van der Waals surface area contributed by atoms with Crippen LogP contribution in [0.25, 0.3) is 0 Å². The Morgan fingerprint density at radius 1 is 1.41 bits per heavy atom. The van der Waals surface area contributed by atoms with Gasteiger partial charge in [-0.05, 0) is 48.3 Å². The van der Waals surface area contributed by atoms with Crippen molar-refractivity contribution in [1.82, 2.24) is 0 Å². The second-order valence-corrected chi connectivity index (χ2v) is 4.57. The Morgan fingerprint density at radius 3 is 2.65 bits per heavy atom. The van der Waals surface area contributed by atoms with Crippen molar-refractivity contribution in [3.05, 3.63) is 22.2 Å². The molecule has 3 nitrogen and oxygen atoms in total. The van der Waals surface area contributed by atoms with Crippen LogP contribution in [0.4, 0.5) is 0 Å². The first kappa shape index (κ1) is 14.0. The van der Waals surface area contributed by atoms with E-state index >= 15 is 0 Å². The lowest BCUT2D eigenvalue weighted by atomic mass is 10.2. The second kappa shape index (κ2) is 6.64. The first-order valence-corrected chi connectivity index (χ1v) is 6.49. The molecular weight excluding hydrogens is 284 g/mol. The molecule has 0 aliphatic rings. The third-order valence-corrected chi connectivity index (χ3v) is 2.95. The Bertz CT molecular complexity index is 390. The molecule has 0 aliphatic heterocycles. The van der Waals surface area contributed by atoms with E-state index in [0.717, 1.165) is 17.2 Å². The van der Waals surface area contributed by atoms with Crippen LogP contribution in [0.2, 0.25) is 0 Å². The molecule has 0 bridgehead atoms. The number of hydrogen-bond acceptors (Lipinski definition) is 3. The molecule has 17 heavy (non-hydrogen) atoms. The standard InChI is InChI=1S/C13H17BrO3/c1-4-9(3)17-13-11(14)6-10(8-15)7-12(13)16-5-2/h6-9H,4-5H2,1-3H3/t9-/m0/s1. The lowest BCUT2D eigenvalue weighted by Gasteiger charge is -2.18. The lowest BCUT2D eigenvalue weighted by Crippen LogP contribution is -2.11. The summed E-state index contributed by atoms with van der Waals surface area (Å²) in [5, 5.41) is 0. The van der Waals surface area contributed by atoms with E-state index in [-0.39, 0.29) is 6.10 Å². The summed E-state index contributed by atoms with van der Waals surface area (Å²) in [6, 6.07) is 3.42. The van der Waals surface area contributed by atoms with E-state index in [1.54, 1.807) is 12.1 Å². The largest absolute Gasteiger partial charge is 0.490 e. The van der Waals surface area contributed by atoms with Crippen LogP contribution in [0.5, 0.6) is 11.5 Å². The highest BCUT2D eigenvalue weighted by atomic mass is 79.9. The first-order chi connectivity index (χ1) is 8.12. The van der Waals surface area contributed by atoms with Gasteiger partial charge in [0.15, 0.2) is 11.5 Å². The van der Waals surface area contributed by atoms with Gasteiger partial charge in [-0.3, -0.25) is 4.79 Å². The van der Waals surface area contributed by atoms with Crippen LogP contribution >= 0.6 is 15.9 Å². The van der Waals surface area contributed by atoms with Crippen molar-refractivity contribution in [2.45, 2.75) is 33.3 Å². The molecule has 0 spiro atoms. The van der Waals surface area contributed by atoms with E-state index in [1.807, 2.05) is 13.8 Å². The predicted molar refractivity (Wildman–Crippen MR) is 71.1 cm³/mol. The van der Waals surface area contributed by atoms with Crippen LogP contribution in [0.15, 0.2) is 16.6 Å². The lowest BCUT2D eigenvalue weighted by molar-refractivity contribution is 0.112. The van der Waals surface area contributed by atoms with E-state index in [4.69, 9.17) is 9.47 Å². The van der Waals surface area contributed by atoms with Gasteiger partial charge in [0.05, 0.1) is 17.2 Å². The van der Waals surface area contributed by atoms with E-state index in [9.17, 15) is 4.79 Å². The highest BCUT2D eigenvalue weighted by molar-refractivity contribution is 9.10. The smallest absolute Gasteiger partial charge is 0.175 e. The maximum atomic E-state index is 10.8. The van der Waals surface area contributed by atoms with E-state index in [0.29, 0.717) is 23.7 Å². The molecule has 0 amide bonds. The Morgan fingerprint density at radius 2 is 2.12 bits per heavy atom. The molecule has 0 unspecified atom stereocenters. The minimum atomic E-state index is 0.104. The quantitative estimate of drug-likeness (QED) is 0.749. The van der Waals surface area contributed by atoms with Crippen LogP contribution in [-0.2, 0) is 0 Å². The summed E-state index contributed by atoms with van der Waals surface area (Å²) in [5.41, 5.74) is 0.567. The fourth-order valence-corrected chi connectivity index (χ4v) is 1.87. The molecule has 0 N–H and O–H groups in total. The Balaban J connectivity index is 3.11. The van der Waals surface area contributed by atoms with Crippen molar-refractivity contribution in [2.24, 2.45) is 0 Å². The van der Waals surface area contributed by atoms with Gasteiger partial charge in [0.2, 0.25) is 0 Å². The second-order valence-electron chi connectivity index (χ2n) is 3.72. The summed E-state index contributed by atoms with van der Waals surface area (Å²) in [7, 11) is 0. The number of benzene rings is 1. The fourth-order valence-electron chi connectivity index (χ4n) is 1.32. The SMILES string of the molecule is CCOc1cc(C=O)cc(Br)c1O[C@@H](C)CC. The third-order valence-electron chi connectivity index (χ3n) is 2.36. The molecule has 0 saturated carbocycles. The minimum Gasteiger partial charge on any atom is -0.490 e. The Labute approximate surface area is 110 Å². The van der Waals surface area contributed by atoms with Crippen LogP contribution in [0.3, 0.4) is 0 Å². The molecule has 0 aliphatic carbocycles. The highest BCUT2D eigenvalue weighted by Crippen LogP contribution is 2.37. The highest BCUT2D eigenvalue weighted by Gasteiger charge is 2.14. The molecule has 1 aromatic rings. The van der Waals surface area contributed by atoms with Crippen LogP contribution in [-0.4, -0.2) is 19.0 Å². The van der Waals surface area contributed by atoms with Gasteiger partial charge in [0.1, 0.15) is 6.29 Å². The van der Waals surface area contributed by atoms with Gasteiger partial charge in [0, 0.05) is 5.56 Å². The number of ether oxygens (including phenoxy) is 2. The summed E-state index contributed by atoms with van der Waals surface area (Å²) >= 11 is 3.40. The van der Waals surface area contributed by atoms with Gasteiger partial charge in [-0.15, -0.1) is 0 Å². The third kappa shape index (κ3) is 3.73. The summed E-state index contributed by atoms with van der Waals surface area (Å²) in [4.78, 5) is 10.8. The number of halogens is 1. The van der Waals surface area contributed by atoms with Crippen molar-refractivity contribution in [2.75, 3.05) is 6.61 Å². The number of rotatable bonds is 6. The van der Waals surface area contributed by atoms with Gasteiger partial charge in [-0.25, -0.2) is 0 Å². The van der Waals surface area contributed by atoms with E-state index < -0.39 is 0 Å². The summed E-state index contributed by atoms with van der Waals surface area (Å²) < 4.78 is 12.0. The maximum absolute atomic E-state index is 10.8.